The Balaban J connectivity index is 0.856. The van der Waals surface area contributed by atoms with E-state index in [1.807, 2.05) is 6.92 Å². The van der Waals surface area contributed by atoms with Gasteiger partial charge in [-0.1, -0.05) is 37.3 Å². The number of esters is 1. The smallest absolute Gasteiger partial charge is 0.317 e. The number of carbonyl (C=O) groups is 10. The molecule has 8 rings (SSSR count). The van der Waals surface area contributed by atoms with Gasteiger partial charge in [0.2, 0.25) is 35.4 Å². The summed E-state index contributed by atoms with van der Waals surface area (Å²) in [6.07, 6.45) is 3.03. The number of nitrogens with one attached hydrogen (secondary N) is 7. The van der Waals surface area contributed by atoms with Crippen LogP contribution in [0.3, 0.4) is 0 Å². The first-order valence-electron chi connectivity index (χ1n) is 25.1. The van der Waals surface area contributed by atoms with Crippen LogP contribution in [0, 0.1) is 12.7 Å². The number of fused-ring (bicyclic) bond motifs is 5. The number of imide groups is 1. The number of halogens is 1. The topological polar surface area (TPSA) is 332 Å². The van der Waals surface area contributed by atoms with Gasteiger partial charge in [-0.15, -0.1) is 0 Å². The molecule has 78 heavy (non-hydrogen) atoms. The van der Waals surface area contributed by atoms with Crippen LogP contribution in [-0.2, 0) is 83.4 Å². The zero-order valence-electron chi connectivity index (χ0n) is 43.0. The molecular weight excluding hydrogens is 1020 g/mol. The number of hydrogen-bond donors (Lipinski definition) is 8. The van der Waals surface area contributed by atoms with Crippen LogP contribution >= 0.6 is 0 Å². The van der Waals surface area contributed by atoms with Crippen molar-refractivity contribution in [1.82, 2.24) is 51.7 Å². The Morgan fingerprint density at radius 2 is 1.58 bits per heavy atom. The van der Waals surface area contributed by atoms with Crippen LogP contribution < -0.4 is 42.8 Å². The van der Waals surface area contributed by atoms with Crippen molar-refractivity contribution < 1.29 is 66.9 Å². The maximum absolute atomic E-state index is 15.5. The van der Waals surface area contributed by atoms with Gasteiger partial charge in [-0.25, -0.2) is 9.37 Å². The van der Waals surface area contributed by atoms with E-state index in [2.05, 4.69) is 37.2 Å². The maximum Gasteiger partial charge on any atom is 0.317 e. The second-order valence-electron chi connectivity index (χ2n) is 19.5. The lowest BCUT2D eigenvalue weighted by molar-refractivity contribution is -0.148. The molecule has 2 aromatic carbocycles. The molecule has 4 aliphatic rings. The van der Waals surface area contributed by atoms with Gasteiger partial charge in [-0.2, -0.15) is 0 Å². The second-order valence-corrected chi connectivity index (χ2v) is 19.5. The van der Waals surface area contributed by atoms with Crippen molar-refractivity contribution in [3.05, 3.63) is 110 Å². The summed E-state index contributed by atoms with van der Waals surface area (Å²) in [5.41, 5.74) is 3.55. The van der Waals surface area contributed by atoms with E-state index in [4.69, 9.17) is 19.6 Å². The lowest BCUT2D eigenvalue weighted by atomic mass is 9.79. The molecule has 8 amide bonds. The molecule has 2 aromatic heterocycles. The number of pyridine rings is 2. The highest BCUT2D eigenvalue weighted by molar-refractivity contribution is 6.27. The van der Waals surface area contributed by atoms with Gasteiger partial charge in [0, 0.05) is 42.1 Å². The van der Waals surface area contributed by atoms with E-state index in [1.165, 1.54) is 20.8 Å². The normalized spacial score (nSPS) is 17.4. The van der Waals surface area contributed by atoms with E-state index in [0.717, 1.165) is 17.7 Å². The van der Waals surface area contributed by atoms with Gasteiger partial charge in [-0.05, 0) is 67.0 Å². The molecule has 0 fully saturated rings. The van der Waals surface area contributed by atoms with E-state index in [-0.39, 0.29) is 25.1 Å². The first-order chi connectivity index (χ1) is 37.2. The number of carboxylic acids is 1. The summed E-state index contributed by atoms with van der Waals surface area (Å²) in [4.78, 5) is 147. The predicted octanol–water partition coefficient (Wildman–Crippen LogP) is -1.99. The van der Waals surface area contributed by atoms with Crippen LogP contribution in [0.25, 0.3) is 22.3 Å². The Labute approximate surface area is 445 Å². The van der Waals surface area contributed by atoms with E-state index in [1.54, 1.807) is 47.9 Å². The van der Waals surface area contributed by atoms with Gasteiger partial charge < -0.3 is 56.4 Å². The van der Waals surface area contributed by atoms with Crippen molar-refractivity contribution in [2.24, 2.45) is 0 Å². The molecule has 24 nitrogen and oxygen atoms in total. The number of carbonyl (C=O) groups excluding carboxylic acids is 9. The minimum absolute atomic E-state index is 0.0300. The Morgan fingerprint density at radius 3 is 2.27 bits per heavy atom. The van der Waals surface area contributed by atoms with Crippen molar-refractivity contribution in [2.45, 2.75) is 89.1 Å². The SMILES string of the molecule is BC(C)(OCNC(=O)CNC(=O)C(Cc1ccccc1)NC(=O)CNC(=O)CNC(=O)C(CNCC(=O)O)N1C(=O)C=CC1=O)C(=O)NC1CCc2c(C)c(F)cc3nc4c(c1c23)Cn1c-4cc2c(c1=O)COC(=O)C2CC. The van der Waals surface area contributed by atoms with Crippen LogP contribution in [-0.4, -0.2) is 144 Å². The number of ether oxygens (including phenoxy) is 2. The van der Waals surface area contributed by atoms with Gasteiger partial charge in [-0.3, -0.25) is 57.6 Å². The van der Waals surface area contributed by atoms with E-state index >= 15 is 4.39 Å². The standard InChI is InChI=1S/C52H56BFN10O14/c1-4-27-29-15-36-46-30(22-63(36)49(74)31(29)23-77-50(27)75)45-33(11-10-28-25(2)32(54)16-34(61-46)44(28)45)62-51(76)52(3,53)78-24-59-39(66)19-57-47(72)35(14-26-8-6-5-7-9-26)60-40(67)20-56-38(65)18-58-48(73)37(17-55-21-43(70)71)64-41(68)12-13-42(64)69/h5-9,12-13,15-16,27,33,35,37,55H,4,10-11,14,17-24,53H2,1-3H3,(H,56,65)(H,57,72)(H,58,73)(H,59,66)(H,60,67)(H,62,76)(H,70,71). The fourth-order valence-electron chi connectivity index (χ4n) is 9.94. The van der Waals surface area contributed by atoms with Crippen LogP contribution in [0.15, 0.2) is 59.4 Å². The third kappa shape index (κ3) is 11.8. The van der Waals surface area contributed by atoms with Gasteiger partial charge in [0.25, 0.3) is 17.4 Å². The zero-order chi connectivity index (χ0) is 56.2. The third-order valence-corrected chi connectivity index (χ3v) is 14.0. The van der Waals surface area contributed by atoms with Crippen LogP contribution in [0.2, 0.25) is 0 Å². The molecular formula is C52H56BFN10O14. The number of hydrogen-bond acceptors (Lipinski definition) is 15. The molecule has 5 atom stereocenters. The summed E-state index contributed by atoms with van der Waals surface area (Å²) >= 11 is 0. The Bertz CT molecular complexity index is 3260. The second kappa shape index (κ2) is 23.3. The number of amides is 8. The molecule has 0 radical (unpaired) electrons. The highest BCUT2D eigenvalue weighted by Crippen LogP contribution is 2.45. The number of aryl methyl sites for hydroxylation is 1. The Hall–Kier alpha value is -8.65. The van der Waals surface area contributed by atoms with Gasteiger partial charge in [0.15, 0.2) is 7.85 Å². The van der Waals surface area contributed by atoms with Gasteiger partial charge in [0.1, 0.15) is 36.7 Å². The lowest BCUT2D eigenvalue weighted by Gasteiger charge is -2.33. The molecule has 3 aliphatic heterocycles. The quantitative estimate of drug-likeness (QED) is 0.0161. The molecule has 0 spiro atoms. The zero-order valence-corrected chi connectivity index (χ0v) is 43.0. The molecule has 5 unspecified atom stereocenters. The molecule has 1 aliphatic carbocycles. The summed E-state index contributed by atoms with van der Waals surface area (Å²) in [5, 5.41) is 27.2. The Kier molecular flexibility index (Phi) is 16.6. The number of aromatic nitrogens is 2. The van der Waals surface area contributed by atoms with Crippen LogP contribution in [0.1, 0.15) is 77.6 Å². The number of benzene rings is 2. The molecule has 0 bridgehead atoms. The highest BCUT2D eigenvalue weighted by atomic mass is 19.1. The molecule has 8 N–H and O–H groups in total. The largest absolute Gasteiger partial charge is 0.480 e. The fraction of sp³-hybridized carbons (Fsp3) is 0.385. The first kappa shape index (κ1) is 55.6. The fourth-order valence-corrected chi connectivity index (χ4v) is 9.94. The van der Waals surface area contributed by atoms with E-state index in [0.29, 0.717) is 79.8 Å². The van der Waals surface area contributed by atoms with E-state index < -0.39 is 134 Å². The van der Waals surface area contributed by atoms with Crippen LogP contribution in [0.5, 0.6) is 0 Å². The van der Waals surface area contributed by atoms with Crippen LogP contribution in [0.4, 0.5) is 4.39 Å². The molecule has 0 saturated heterocycles. The Morgan fingerprint density at radius 1 is 0.897 bits per heavy atom. The summed E-state index contributed by atoms with van der Waals surface area (Å²) in [7, 11) is 1.50. The average Bonchev–Trinajstić information content (AvgIpc) is 4.17. The summed E-state index contributed by atoms with van der Waals surface area (Å²) in [6, 6.07) is 8.34. The number of nitrogens with zero attached hydrogens (tertiary/aromatic N) is 3. The maximum atomic E-state index is 15.5. The molecule has 26 heteroatoms. The van der Waals surface area contributed by atoms with Gasteiger partial charge in [0.05, 0.1) is 67.2 Å². The van der Waals surface area contributed by atoms with E-state index in [9.17, 15) is 52.7 Å². The predicted molar refractivity (Wildman–Crippen MR) is 275 cm³/mol. The molecule has 0 saturated carbocycles. The van der Waals surface area contributed by atoms with Gasteiger partial charge >= 0.3 is 11.9 Å². The van der Waals surface area contributed by atoms with Crippen molar-refractivity contribution >= 4 is 77.9 Å². The average molecular weight is 1070 g/mol. The first-order valence-corrected chi connectivity index (χ1v) is 25.1. The van der Waals surface area contributed by atoms with Crippen molar-refractivity contribution in [2.75, 3.05) is 39.5 Å². The number of carboxylic acid groups (broad SMARTS) is 1. The minimum Gasteiger partial charge on any atom is -0.480 e. The molecule has 4 aromatic rings. The summed E-state index contributed by atoms with van der Waals surface area (Å²) in [5.74, 6) is -9.09. The lowest BCUT2D eigenvalue weighted by Crippen LogP contribution is -2.56. The molecule has 5 heterocycles. The van der Waals surface area contributed by atoms with Crippen molar-refractivity contribution in [1.29, 1.82) is 0 Å². The number of rotatable bonds is 22. The van der Waals surface area contributed by atoms with Crippen molar-refractivity contribution in [3.8, 4) is 11.4 Å². The highest BCUT2D eigenvalue weighted by Gasteiger charge is 2.40. The minimum atomic E-state index is -1.55. The molecule has 408 valence electrons. The summed E-state index contributed by atoms with van der Waals surface area (Å²) < 4.78 is 28.3. The number of aliphatic carboxylic acids is 1. The number of cyclic esters (lactones) is 1. The van der Waals surface area contributed by atoms with Crippen molar-refractivity contribution in [3.63, 3.8) is 0 Å². The third-order valence-electron chi connectivity index (χ3n) is 14.0. The monoisotopic (exact) mass is 1070 g/mol. The summed E-state index contributed by atoms with van der Waals surface area (Å²) in [6.45, 7) is 1.53.